The highest BCUT2D eigenvalue weighted by molar-refractivity contribution is 6.74. The predicted octanol–water partition coefficient (Wildman–Crippen LogP) is 6.06. The highest BCUT2D eigenvalue weighted by Gasteiger charge is 2.37. The lowest BCUT2D eigenvalue weighted by Crippen LogP contribution is -2.42. The Morgan fingerprint density at radius 3 is 2.50 bits per heavy atom. The van der Waals surface area contributed by atoms with Crippen LogP contribution in [0, 0.1) is 0 Å². The molecule has 1 aromatic heterocycles. The number of aliphatic hydroxyl groups excluding tert-OH is 1. The predicted molar refractivity (Wildman–Crippen MR) is 127 cm³/mol. The Kier molecular flexibility index (Phi) is 7.06. The van der Waals surface area contributed by atoms with Crippen LogP contribution in [0.4, 0.5) is 0 Å². The molecule has 1 heterocycles. The Balaban J connectivity index is 1.58. The van der Waals surface area contributed by atoms with Crippen molar-refractivity contribution < 1.29 is 14.3 Å². The molecule has 0 amide bonds. The van der Waals surface area contributed by atoms with Crippen molar-refractivity contribution in [3.63, 3.8) is 0 Å². The van der Waals surface area contributed by atoms with Crippen LogP contribution in [0.2, 0.25) is 18.1 Å². The molecule has 0 unspecified atom stereocenters. The maximum atomic E-state index is 10.5. The molecule has 3 rings (SSSR count). The molecule has 0 aliphatic carbocycles. The van der Waals surface area contributed by atoms with Gasteiger partial charge >= 0.3 is 0 Å². The van der Waals surface area contributed by atoms with Gasteiger partial charge in [-0.1, -0.05) is 51.1 Å². The van der Waals surface area contributed by atoms with Gasteiger partial charge in [0.05, 0.1) is 12.7 Å². The summed E-state index contributed by atoms with van der Waals surface area (Å²) in [5, 5.41) is 11.8. The molecule has 30 heavy (non-hydrogen) atoms. The lowest BCUT2D eigenvalue weighted by atomic mass is 10.1. The second-order valence-corrected chi connectivity index (χ2v) is 14.4. The molecule has 0 aliphatic heterocycles. The monoisotopic (exact) mass is 425 g/mol. The van der Waals surface area contributed by atoms with Crippen LogP contribution in [0.15, 0.2) is 54.7 Å². The molecular formula is C25H35NO3Si. The fraction of sp³-hybridized carbons (Fsp3) is 0.440. The summed E-state index contributed by atoms with van der Waals surface area (Å²) in [5.41, 5.74) is 3.43. The third-order valence-corrected chi connectivity index (χ3v) is 10.7. The number of hydrogen-bond acceptors (Lipinski definition) is 3. The largest absolute Gasteiger partial charge is 0.489 e. The number of nitrogens with one attached hydrogen (secondary N) is 1. The lowest BCUT2D eigenvalue weighted by Gasteiger charge is -2.36. The van der Waals surface area contributed by atoms with Crippen molar-refractivity contribution in [3.8, 4) is 5.75 Å². The van der Waals surface area contributed by atoms with Crippen molar-refractivity contribution in [2.24, 2.45) is 0 Å². The maximum Gasteiger partial charge on any atom is 0.192 e. The summed E-state index contributed by atoms with van der Waals surface area (Å²) >= 11 is 0. The number of fused-ring (bicyclic) bond motifs is 1. The van der Waals surface area contributed by atoms with Gasteiger partial charge in [-0.2, -0.15) is 0 Å². The molecule has 3 aromatic rings. The number of benzene rings is 2. The van der Waals surface area contributed by atoms with E-state index in [9.17, 15) is 5.11 Å². The molecule has 2 N–H and O–H groups in total. The van der Waals surface area contributed by atoms with Gasteiger partial charge in [0.15, 0.2) is 8.32 Å². The number of hydrogen-bond donors (Lipinski definition) is 2. The number of aromatic nitrogens is 1. The summed E-state index contributed by atoms with van der Waals surface area (Å²) in [4.78, 5) is 3.33. The Hall–Kier alpha value is -2.08. The van der Waals surface area contributed by atoms with Gasteiger partial charge in [-0.25, -0.2) is 0 Å². The van der Waals surface area contributed by atoms with Gasteiger partial charge in [0.1, 0.15) is 12.4 Å². The van der Waals surface area contributed by atoms with Gasteiger partial charge in [0.2, 0.25) is 0 Å². The summed E-state index contributed by atoms with van der Waals surface area (Å²) in [6.45, 7) is 12.0. The third kappa shape index (κ3) is 5.75. The van der Waals surface area contributed by atoms with E-state index in [4.69, 9.17) is 9.16 Å². The minimum Gasteiger partial charge on any atom is -0.489 e. The third-order valence-electron chi connectivity index (χ3n) is 6.18. The normalized spacial score (nSPS) is 13.5. The molecule has 5 heteroatoms. The minimum absolute atomic E-state index is 0.152. The number of aliphatic hydroxyl groups is 1. The highest BCUT2D eigenvalue weighted by atomic mass is 28.4. The van der Waals surface area contributed by atoms with Crippen LogP contribution in [0.5, 0.6) is 5.75 Å². The first-order valence-corrected chi connectivity index (χ1v) is 13.7. The summed E-state index contributed by atoms with van der Waals surface area (Å²) in [7, 11) is -1.83. The molecule has 0 saturated heterocycles. The molecule has 0 saturated carbocycles. The number of rotatable bonds is 9. The maximum absolute atomic E-state index is 10.5. The average Bonchev–Trinajstić information content (AvgIpc) is 3.11. The van der Waals surface area contributed by atoms with Crippen LogP contribution in [-0.4, -0.2) is 31.1 Å². The SMILES string of the molecule is CC(C)(C)[Si](C)(C)OC[C@@H](O)CCc1c[nH]c2ccc(OCc3ccccc3)cc12. The molecule has 0 aliphatic rings. The summed E-state index contributed by atoms with van der Waals surface area (Å²) in [5.74, 6) is 0.856. The molecule has 0 bridgehead atoms. The molecule has 1 atom stereocenters. The quantitative estimate of drug-likeness (QED) is 0.410. The van der Waals surface area contributed by atoms with Crippen LogP contribution in [0.3, 0.4) is 0 Å². The molecule has 4 nitrogen and oxygen atoms in total. The van der Waals surface area contributed by atoms with Gasteiger partial charge < -0.3 is 19.3 Å². The Labute approximate surface area is 181 Å². The zero-order valence-electron chi connectivity index (χ0n) is 18.9. The van der Waals surface area contributed by atoms with E-state index in [1.165, 1.54) is 5.56 Å². The van der Waals surface area contributed by atoms with E-state index in [2.05, 4.69) is 63.1 Å². The van der Waals surface area contributed by atoms with E-state index in [1.54, 1.807) is 0 Å². The van der Waals surface area contributed by atoms with Gasteiger partial charge in [-0.15, -0.1) is 0 Å². The molecule has 162 valence electrons. The van der Waals surface area contributed by atoms with Crippen molar-refractivity contribution in [3.05, 3.63) is 65.9 Å². The van der Waals surface area contributed by atoms with E-state index in [1.807, 2.05) is 30.5 Å². The van der Waals surface area contributed by atoms with Gasteiger partial charge in [0, 0.05) is 17.1 Å². The summed E-state index contributed by atoms with van der Waals surface area (Å²) in [6.07, 6.45) is 3.05. The Morgan fingerprint density at radius 2 is 1.80 bits per heavy atom. The Bertz CT molecular complexity index is 944. The molecule has 0 radical (unpaired) electrons. The van der Waals surface area contributed by atoms with Crippen LogP contribution >= 0.6 is 0 Å². The van der Waals surface area contributed by atoms with Crippen LogP contribution in [0.1, 0.15) is 38.3 Å². The van der Waals surface area contributed by atoms with E-state index in [-0.39, 0.29) is 5.04 Å². The average molecular weight is 426 g/mol. The number of aryl methyl sites for hydroxylation is 1. The van der Waals surface area contributed by atoms with Gasteiger partial charge in [0.25, 0.3) is 0 Å². The smallest absolute Gasteiger partial charge is 0.192 e. The summed E-state index contributed by atoms with van der Waals surface area (Å²) in [6, 6.07) is 16.3. The van der Waals surface area contributed by atoms with Crippen LogP contribution in [-0.2, 0) is 17.5 Å². The van der Waals surface area contributed by atoms with Crippen molar-refractivity contribution >= 4 is 19.2 Å². The molecular weight excluding hydrogens is 390 g/mol. The van der Waals surface area contributed by atoms with Crippen molar-refractivity contribution in [1.82, 2.24) is 4.98 Å². The van der Waals surface area contributed by atoms with Crippen LogP contribution < -0.4 is 4.74 Å². The van der Waals surface area contributed by atoms with Crippen molar-refractivity contribution in [2.75, 3.05) is 6.61 Å². The van der Waals surface area contributed by atoms with Crippen molar-refractivity contribution in [2.45, 2.75) is 64.5 Å². The number of ether oxygens (including phenoxy) is 1. The first kappa shape index (κ1) is 22.6. The van der Waals surface area contributed by atoms with Crippen molar-refractivity contribution in [1.29, 1.82) is 0 Å². The first-order chi connectivity index (χ1) is 14.2. The fourth-order valence-electron chi connectivity index (χ4n) is 3.12. The second-order valence-electron chi connectivity index (χ2n) is 9.56. The fourth-order valence-corrected chi connectivity index (χ4v) is 4.16. The molecule has 2 aromatic carbocycles. The minimum atomic E-state index is -1.83. The molecule has 0 fully saturated rings. The van der Waals surface area contributed by atoms with E-state index < -0.39 is 14.4 Å². The van der Waals surface area contributed by atoms with E-state index >= 15 is 0 Å². The first-order valence-electron chi connectivity index (χ1n) is 10.7. The topological polar surface area (TPSA) is 54.5 Å². The van der Waals surface area contributed by atoms with Gasteiger partial charge in [-0.05, 0) is 60.3 Å². The number of H-pyrrole nitrogens is 1. The Morgan fingerprint density at radius 1 is 1.07 bits per heavy atom. The molecule has 0 spiro atoms. The lowest BCUT2D eigenvalue weighted by molar-refractivity contribution is 0.0932. The van der Waals surface area contributed by atoms with E-state index in [0.717, 1.165) is 28.6 Å². The zero-order valence-corrected chi connectivity index (χ0v) is 19.9. The van der Waals surface area contributed by atoms with Crippen LogP contribution in [0.25, 0.3) is 10.9 Å². The van der Waals surface area contributed by atoms with Gasteiger partial charge in [-0.3, -0.25) is 0 Å². The number of aromatic amines is 1. The summed E-state index contributed by atoms with van der Waals surface area (Å²) < 4.78 is 12.1. The second kappa shape index (κ2) is 9.37. The zero-order chi connectivity index (χ0) is 21.8. The standard InChI is InChI=1S/C25H35NO3Si/c1-25(2,3)30(4,5)29-18-21(27)12-11-20-16-26-24-14-13-22(15-23(20)24)28-17-19-9-7-6-8-10-19/h6-10,13-16,21,26-27H,11-12,17-18H2,1-5H3/t21-/m0/s1. The highest BCUT2D eigenvalue weighted by Crippen LogP contribution is 2.36. The van der Waals surface area contributed by atoms with E-state index in [0.29, 0.717) is 19.6 Å².